The van der Waals surface area contributed by atoms with E-state index in [1.165, 1.54) is 19.2 Å². The number of aldehydes is 1. The molecule has 1 aromatic carbocycles. The molecule has 0 heterocycles. The molecule has 0 radical (unpaired) electrons. The number of benzene rings is 1. The number of ether oxygens (including phenoxy) is 1. The van der Waals surface area contributed by atoms with Crippen LogP contribution < -0.4 is 8.92 Å². The third-order valence-corrected chi connectivity index (χ3v) is 2.81. The number of hydrogen-bond acceptors (Lipinski definition) is 5. The molecule has 5 nitrogen and oxygen atoms in total. The number of halogens is 3. The minimum Gasteiger partial charge on any atom is -0.496 e. The molecule has 0 N–H and O–H groups in total. The van der Waals surface area contributed by atoms with E-state index in [0.29, 0.717) is 0 Å². The largest absolute Gasteiger partial charge is 0.534 e. The van der Waals surface area contributed by atoms with Gasteiger partial charge in [0.15, 0.2) is 12.0 Å². The van der Waals surface area contributed by atoms with Crippen LogP contribution in [-0.2, 0) is 10.1 Å². The summed E-state index contributed by atoms with van der Waals surface area (Å²) < 4.78 is 66.4. The fourth-order valence-electron chi connectivity index (χ4n) is 1.06. The third kappa shape index (κ3) is 2.73. The highest BCUT2D eigenvalue weighted by atomic mass is 32.2. The smallest absolute Gasteiger partial charge is 0.496 e. The molecule has 0 aromatic heterocycles. The standard InChI is InChI=1S/C9H7F3O5S/c1-16-7-3-2-4-8(6(7)5-13)17-18(14,15)9(10,11)12/h2-5H,1H3. The van der Waals surface area contributed by atoms with Crippen LogP contribution in [0.2, 0.25) is 0 Å². The number of carbonyl (C=O) groups is 1. The molecule has 100 valence electrons. The number of hydrogen-bond donors (Lipinski definition) is 0. The molecule has 0 bridgehead atoms. The Morgan fingerprint density at radius 1 is 1.22 bits per heavy atom. The van der Waals surface area contributed by atoms with Crippen molar-refractivity contribution in [2.45, 2.75) is 5.51 Å². The van der Waals surface area contributed by atoms with E-state index in [1.807, 2.05) is 0 Å². The van der Waals surface area contributed by atoms with Crippen LogP contribution in [-0.4, -0.2) is 27.3 Å². The van der Waals surface area contributed by atoms with Gasteiger partial charge in [-0.15, -0.1) is 0 Å². The lowest BCUT2D eigenvalue weighted by molar-refractivity contribution is -0.0500. The molecule has 0 saturated carbocycles. The molecule has 0 aliphatic heterocycles. The summed E-state index contributed by atoms with van der Waals surface area (Å²) in [6.07, 6.45) is 0.139. The van der Waals surface area contributed by atoms with Crippen LogP contribution in [0.25, 0.3) is 0 Å². The van der Waals surface area contributed by atoms with Crippen molar-refractivity contribution in [2.75, 3.05) is 7.11 Å². The second kappa shape index (κ2) is 4.84. The predicted molar refractivity (Wildman–Crippen MR) is 54.0 cm³/mol. The highest BCUT2D eigenvalue weighted by Gasteiger charge is 2.48. The van der Waals surface area contributed by atoms with E-state index in [-0.39, 0.29) is 12.0 Å². The van der Waals surface area contributed by atoms with Gasteiger partial charge in [0.25, 0.3) is 0 Å². The molecule has 0 saturated heterocycles. The lowest BCUT2D eigenvalue weighted by Crippen LogP contribution is -2.28. The molecular formula is C9H7F3O5S. The first-order chi connectivity index (χ1) is 8.23. The van der Waals surface area contributed by atoms with Gasteiger partial charge in [-0.1, -0.05) is 6.07 Å². The first kappa shape index (κ1) is 14.3. The van der Waals surface area contributed by atoms with E-state index in [1.54, 1.807) is 0 Å². The first-order valence-electron chi connectivity index (χ1n) is 4.36. The molecule has 0 fully saturated rings. The van der Waals surface area contributed by atoms with Gasteiger partial charge in [-0.05, 0) is 12.1 Å². The van der Waals surface area contributed by atoms with Gasteiger partial charge in [-0.3, -0.25) is 4.79 Å². The van der Waals surface area contributed by atoms with Crippen LogP contribution in [0.1, 0.15) is 10.4 Å². The Bertz CT molecular complexity index is 550. The van der Waals surface area contributed by atoms with E-state index in [0.717, 1.165) is 6.07 Å². The van der Waals surface area contributed by atoms with Crippen molar-refractivity contribution in [3.05, 3.63) is 23.8 Å². The summed E-state index contributed by atoms with van der Waals surface area (Å²) >= 11 is 0. The topological polar surface area (TPSA) is 69.7 Å². The number of methoxy groups -OCH3 is 1. The van der Waals surface area contributed by atoms with E-state index in [4.69, 9.17) is 0 Å². The summed E-state index contributed by atoms with van der Waals surface area (Å²) in [6, 6.07) is 3.37. The highest BCUT2D eigenvalue weighted by Crippen LogP contribution is 2.31. The monoisotopic (exact) mass is 284 g/mol. The van der Waals surface area contributed by atoms with Gasteiger partial charge in [0, 0.05) is 0 Å². The van der Waals surface area contributed by atoms with Crippen molar-refractivity contribution in [3.63, 3.8) is 0 Å². The van der Waals surface area contributed by atoms with Crippen molar-refractivity contribution in [2.24, 2.45) is 0 Å². The third-order valence-electron chi connectivity index (χ3n) is 1.85. The molecule has 0 aliphatic rings. The molecular weight excluding hydrogens is 277 g/mol. The average Bonchev–Trinajstić information content (AvgIpc) is 2.26. The van der Waals surface area contributed by atoms with Gasteiger partial charge >= 0.3 is 15.6 Å². The maximum absolute atomic E-state index is 12.1. The van der Waals surface area contributed by atoms with E-state index < -0.39 is 26.9 Å². The summed E-state index contributed by atoms with van der Waals surface area (Å²) in [6.45, 7) is 0. The summed E-state index contributed by atoms with van der Waals surface area (Å²) in [7, 11) is -4.65. The van der Waals surface area contributed by atoms with Crippen LogP contribution in [0, 0.1) is 0 Å². The van der Waals surface area contributed by atoms with Crippen LogP contribution in [0.15, 0.2) is 18.2 Å². The number of rotatable bonds is 4. The van der Waals surface area contributed by atoms with Crippen LogP contribution >= 0.6 is 0 Å². The number of alkyl halides is 3. The maximum atomic E-state index is 12.1. The Morgan fingerprint density at radius 2 is 1.78 bits per heavy atom. The summed E-state index contributed by atoms with van der Waals surface area (Å²) in [4.78, 5) is 10.7. The Kier molecular flexibility index (Phi) is 3.85. The Morgan fingerprint density at radius 3 is 2.22 bits per heavy atom. The van der Waals surface area contributed by atoms with Gasteiger partial charge in [0.05, 0.1) is 7.11 Å². The highest BCUT2D eigenvalue weighted by molar-refractivity contribution is 7.88. The zero-order valence-electron chi connectivity index (χ0n) is 8.89. The molecule has 9 heteroatoms. The Labute approximate surface area is 100 Å². The molecule has 0 aliphatic carbocycles. The zero-order chi connectivity index (χ0) is 14.0. The fourth-order valence-corrected chi connectivity index (χ4v) is 1.53. The second-order valence-electron chi connectivity index (χ2n) is 2.97. The van der Waals surface area contributed by atoms with E-state index in [9.17, 15) is 26.4 Å². The molecule has 1 aromatic rings. The summed E-state index contributed by atoms with van der Waals surface area (Å²) in [5, 5.41) is 0. The fraction of sp³-hybridized carbons (Fsp3) is 0.222. The lowest BCUT2D eigenvalue weighted by Gasteiger charge is -2.12. The second-order valence-corrected chi connectivity index (χ2v) is 4.51. The SMILES string of the molecule is COc1cccc(OS(=O)(=O)C(F)(F)F)c1C=O. The van der Waals surface area contributed by atoms with Crippen molar-refractivity contribution in [3.8, 4) is 11.5 Å². The van der Waals surface area contributed by atoms with Crippen molar-refractivity contribution in [1.29, 1.82) is 0 Å². The van der Waals surface area contributed by atoms with Crippen molar-refractivity contribution in [1.82, 2.24) is 0 Å². The Balaban J connectivity index is 3.25. The van der Waals surface area contributed by atoms with Gasteiger partial charge in [0.2, 0.25) is 0 Å². The first-order valence-corrected chi connectivity index (χ1v) is 5.76. The van der Waals surface area contributed by atoms with Crippen LogP contribution in [0.3, 0.4) is 0 Å². The number of carbonyl (C=O) groups excluding carboxylic acids is 1. The summed E-state index contributed by atoms with van der Waals surface area (Å²) in [5.41, 5.74) is -6.00. The van der Waals surface area contributed by atoms with Gasteiger partial charge in [-0.2, -0.15) is 21.6 Å². The van der Waals surface area contributed by atoms with Crippen LogP contribution in [0.5, 0.6) is 11.5 Å². The van der Waals surface area contributed by atoms with E-state index in [2.05, 4.69) is 8.92 Å². The lowest BCUT2D eigenvalue weighted by atomic mass is 10.2. The normalized spacial score (nSPS) is 12.0. The summed E-state index contributed by atoms with van der Waals surface area (Å²) in [5.74, 6) is -0.846. The van der Waals surface area contributed by atoms with Gasteiger partial charge in [0.1, 0.15) is 11.3 Å². The molecule has 0 atom stereocenters. The van der Waals surface area contributed by atoms with Crippen LogP contribution in [0.4, 0.5) is 13.2 Å². The maximum Gasteiger partial charge on any atom is 0.534 e. The molecule has 1 rings (SSSR count). The minimum atomic E-state index is -5.82. The molecule has 0 spiro atoms. The van der Waals surface area contributed by atoms with Crippen molar-refractivity contribution < 1.29 is 35.3 Å². The quantitative estimate of drug-likeness (QED) is 0.478. The minimum absolute atomic E-state index is 0.0973. The van der Waals surface area contributed by atoms with Gasteiger partial charge in [-0.25, -0.2) is 0 Å². The van der Waals surface area contributed by atoms with E-state index >= 15 is 0 Å². The van der Waals surface area contributed by atoms with Crippen molar-refractivity contribution >= 4 is 16.4 Å². The molecule has 18 heavy (non-hydrogen) atoms. The molecule has 0 unspecified atom stereocenters. The average molecular weight is 284 g/mol. The van der Waals surface area contributed by atoms with Gasteiger partial charge < -0.3 is 8.92 Å². The predicted octanol–water partition coefficient (Wildman–Crippen LogP) is 1.74. The zero-order valence-corrected chi connectivity index (χ0v) is 9.71. The molecule has 0 amide bonds. The Hall–Kier alpha value is -1.77.